The molecule has 1 fully saturated rings. The van der Waals surface area contributed by atoms with Crippen molar-refractivity contribution < 1.29 is 19.4 Å². The van der Waals surface area contributed by atoms with Gasteiger partial charge in [-0.15, -0.1) is 0 Å². The second-order valence-electron chi connectivity index (χ2n) is 5.91. The van der Waals surface area contributed by atoms with E-state index in [0.717, 1.165) is 18.4 Å². The topological polar surface area (TPSA) is 59.0 Å². The van der Waals surface area contributed by atoms with Crippen molar-refractivity contribution in [3.8, 4) is 5.75 Å². The number of carbonyl (C=O) groups excluding carboxylic acids is 1. The second kappa shape index (κ2) is 7.61. The summed E-state index contributed by atoms with van der Waals surface area (Å²) in [6.45, 7) is 4.78. The summed E-state index contributed by atoms with van der Waals surface area (Å²) in [5, 5.41) is 9.66. The highest BCUT2D eigenvalue weighted by Gasteiger charge is 2.34. The number of nitrogens with zero attached hydrogens (tertiary/aromatic N) is 1. The van der Waals surface area contributed by atoms with Crippen molar-refractivity contribution in [1.29, 1.82) is 0 Å². The fourth-order valence-corrected chi connectivity index (χ4v) is 2.94. The molecule has 5 nitrogen and oxygen atoms in total. The Morgan fingerprint density at radius 1 is 1.45 bits per heavy atom. The molecule has 1 aliphatic heterocycles. The van der Waals surface area contributed by atoms with Crippen LogP contribution >= 0.6 is 0 Å². The highest BCUT2D eigenvalue weighted by molar-refractivity contribution is 5.82. The number of methoxy groups -OCH3 is 1. The van der Waals surface area contributed by atoms with Gasteiger partial charge in [0.1, 0.15) is 5.75 Å². The molecular formula is C17H25NO4. The fourth-order valence-electron chi connectivity index (χ4n) is 2.94. The van der Waals surface area contributed by atoms with Crippen LogP contribution in [-0.2, 0) is 14.3 Å². The molecule has 1 saturated heterocycles. The van der Waals surface area contributed by atoms with Crippen LogP contribution in [0.15, 0.2) is 24.3 Å². The van der Waals surface area contributed by atoms with Crippen LogP contribution in [0.3, 0.4) is 0 Å². The standard InChI is InChI=1S/C17H25NO4/c1-12(2)22-16(11-21-3)17(20)18-9-5-8-15(18)13-6-4-7-14(19)10-13/h4,6-7,10,12,15-16,19H,5,8-9,11H2,1-3H3/t15-,16-/m1/s1. The predicted octanol–water partition coefficient (Wildman–Crippen LogP) is 2.50. The summed E-state index contributed by atoms with van der Waals surface area (Å²) < 4.78 is 10.8. The van der Waals surface area contributed by atoms with Crippen LogP contribution < -0.4 is 0 Å². The summed E-state index contributed by atoms with van der Waals surface area (Å²) in [6.07, 6.45) is 1.23. The maximum atomic E-state index is 12.8. The van der Waals surface area contributed by atoms with Gasteiger partial charge in [-0.3, -0.25) is 4.79 Å². The van der Waals surface area contributed by atoms with Crippen molar-refractivity contribution in [2.45, 2.75) is 44.9 Å². The van der Waals surface area contributed by atoms with Gasteiger partial charge in [-0.25, -0.2) is 0 Å². The number of amides is 1. The first-order valence-corrected chi connectivity index (χ1v) is 7.76. The Morgan fingerprint density at radius 2 is 2.23 bits per heavy atom. The lowest BCUT2D eigenvalue weighted by Crippen LogP contribution is -2.43. The molecule has 1 amide bonds. The number of rotatable bonds is 6. The van der Waals surface area contributed by atoms with Crippen LogP contribution in [0, 0.1) is 0 Å². The molecule has 1 aliphatic rings. The lowest BCUT2D eigenvalue weighted by molar-refractivity contribution is -0.151. The van der Waals surface area contributed by atoms with Gasteiger partial charge in [0.2, 0.25) is 0 Å². The molecule has 2 atom stereocenters. The van der Waals surface area contributed by atoms with Gasteiger partial charge in [-0.05, 0) is 44.4 Å². The van der Waals surface area contributed by atoms with Crippen LogP contribution in [0.5, 0.6) is 5.75 Å². The van der Waals surface area contributed by atoms with Crippen molar-refractivity contribution >= 4 is 5.91 Å². The smallest absolute Gasteiger partial charge is 0.254 e. The van der Waals surface area contributed by atoms with Gasteiger partial charge in [0, 0.05) is 13.7 Å². The fraction of sp³-hybridized carbons (Fsp3) is 0.588. The summed E-state index contributed by atoms with van der Waals surface area (Å²) in [7, 11) is 1.57. The number of hydrogen-bond acceptors (Lipinski definition) is 4. The first-order chi connectivity index (χ1) is 10.5. The number of benzene rings is 1. The summed E-state index contributed by atoms with van der Waals surface area (Å²) in [5.74, 6) is 0.185. The molecule has 2 rings (SSSR count). The van der Waals surface area contributed by atoms with Crippen LogP contribution in [0.2, 0.25) is 0 Å². The van der Waals surface area contributed by atoms with E-state index in [1.807, 2.05) is 30.9 Å². The third-order valence-electron chi connectivity index (χ3n) is 3.82. The largest absolute Gasteiger partial charge is 0.508 e. The van der Waals surface area contributed by atoms with E-state index in [4.69, 9.17) is 9.47 Å². The summed E-state index contributed by atoms with van der Waals surface area (Å²) in [4.78, 5) is 14.6. The number of phenolic OH excluding ortho intramolecular Hbond substituents is 1. The van der Waals surface area contributed by atoms with E-state index in [0.29, 0.717) is 6.54 Å². The second-order valence-corrected chi connectivity index (χ2v) is 5.91. The van der Waals surface area contributed by atoms with E-state index < -0.39 is 6.10 Å². The monoisotopic (exact) mass is 307 g/mol. The molecule has 0 bridgehead atoms. The molecule has 1 N–H and O–H groups in total. The van der Waals surface area contributed by atoms with Gasteiger partial charge in [0.05, 0.1) is 18.8 Å². The average molecular weight is 307 g/mol. The third kappa shape index (κ3) is 3.99. The van der Waals surface area contributed by atoms with Crippen molar-refractivity contribution in [1.82, 2.24) is 4.90 Å². The molecule has 22 heavy (non-hydrogen) atoms. The van der Waals surface area contributed by atoms with Crippen LogP contribution in [-0.4, -0.2) is 48.4 Å². The van der Waals surface area contributed by atoms with E-state index in [-0.39, 0.29) is 30.4 Å². The molecule has 5 heteroatoms. The Morgan fingerprint density at radius 3 is 2.86 bits per heavy atom. The lowest BCUT2D eigenvalue weighted by Gasteiger charge is -2.29. The molecular weight excluding hydrogens is 282 g/mol. The number of phenols is 1. The van der Waals surface area contributed by atoms with Crippen molar-refractivity contribution in [2.75, 3.05) is 20.3 Å². The lowest BCUT2D eigenvalue weighted by atomic mass is 10.0. The molecule has 0 unspecified atom stereocenters. The molecule has 1 aromatic rings. The Hall–Kier alpha value is -1.59. The van der Waals surface area contributed by atoms with Gasteiger partial charge in [0.25, 0.3) is 5.91 Å². The number of carbonyl (C=O) groups is 1. The number of likely N-dealkylation sites (tertiary alicyclic amines) is 1. The quantitative estimate of drug-likeness (QED) is 0.877. The summed E-state index contributed by atoms with van der Waals surface area (Å²) in [6, 6.07) is 7.12. The third-order valence-corrected chi connectivity index (χ3v) is 3.82. The Labute approximate surface area is 131 Å². The Kier molecular flexibility index (Phi) is 5.80. The zero-order chi connectivity index (χ0) is 16.1. The van der Waals surface area contributed by atoms with Crippen molar-refractivity contribution in [3.05, 3.63) is 29.8 Å². The molecule has 1 heterocycles. The van der Waals surface area contributed by atoms with Crippen LogP contribution in [0.1, 0.15) is 38.3 Å². The minimum absolute atomic E-state index is 0.00489. The first kappa shape index (κ1) is 16.8. The van der Waals surface area contributed by atoms with E-state index >= 15 is 0 Å². The maximum Gasteiger partial charge on any atom is 0.254 e. The van der Waals surface area contributed by atoms with Crippen molar-refractivity contribution in [2.24, 2.45) is 0 Å². The minimum atomic E-state index is -0.581. The van der Waals surface area contributed by atoms with E-state index in [9.17, 15) is 9.90 Å². The summed E-state index contributed by atoms with van der Waals surface area (Å²) in [5.41, 5.74) is 0.964. The number of ether oxygens (including phenoxy) is 2. The molecule has 1 aromatic carbocycles. The van der Waals surface area contributed by atoms with Gasteiger partial charge < -0.3 is 19.5 Å². The van der Waals surface area contributed by atoms with Crippen molar-refractivity contribution in [3.63, 3.8) is 0 Å². The molecule has 122 valence electrons. The van der Waals surface area contributed by atoms with Crippen LogP contribution in [0.4, 0.5) is 0 Å². The summed E-state index contributed by atoms with van der Waals surface area (Å²) >= 11 is 0. The van der Waals surface area contributed by atoms with E-state index in [1.165, 1.54) is 0 Å². The van der Waals surface area contributed by atoms with Gasteiger partial charge in [0.15, 0.2) is 6.10 Å². The van der Waals surface area contributed by atoms with Gasteiger partial charge in [-0.2, -0.15) is 0 Å². The van der Waals surface area contributed by atoms with E-state index in [2.05, 4.69) is 0 Å². The Balaban J connectivity index is 2.16. The molecule has 0 aliphatic carbocycles. The normalized spacial score (nSPS) is 19.6. The zero-order valence-electron chi connectivity index (χ0n) is 13.5. The molecule has 0 spiro atoms. The highest BCUT2D eigenvalue weighted by atomic mass is 16.5. The minimum Gasteiger partial charge on any atom is -0.508 e. The Bertz CT molecular complexity index is 503. The van der Waals surface area contributed by atoms with Gasteiger partial charge >= 0.3 is 0 Å². The maximum absolute atomic E-state index is 12.8. The number of hydrogen-bond donors (Lipinski definition) is 1. The average Bonchev–Trinajstić information content (AvgIpc) is 2.95. The van der Waals surface area contributed by atoms with Crippen LogP contribution in [0.25, 0.3) is 0 Å². The number of aromatic hydroxyl groups is 1. The first-order valence-electron chi connectivity index (χ1n) is 7.76. The molecule has 0 radical (unpaired) electrons. The SMILES string of the molecule is COC[C@@H](OC(C)C)C(=O)N1CCC[C@@H]1c1cccc(O)c1. The van der Waals surface area contributed by atoms with Gasteiger partial charge in [-0.1, -0.05) is 12.1 Å². The molecule has 0 saturated carbocycles. The highest BCUT2D eigenvalue weighted by Crippen LogP contribution is 2.34. The predicted molar refractivity (Wildman–Crippen MR) is 83.7 cm³/mol. The zero-order valence-corrected chi connectivity index (χ0v) is 13.5. The molecule has 0 aromatic heterocycles. The van der Waals surface area contributed by atoms with E-state index in [1.54, 1.807) is 19.2 Å².